The zero-order valence-corrected chi connectivity index (χ0v) is 31.4. The van der Waals surface area contributed by atoms with E-state index < -0.39 is 0 Å². The van der Waals surface area contributed by atoms with Crippen molar-refractivity contribution in [2.45, 2.75) is 53.4 Å². The molecule has 4 heteroatoms. The van der Waals surface area contributed by atoms with Gasteiger partial charge in [0.25, 0.3) is 0 Å². The molecule has 0 aliphatic heterocycles. The fraction of sp³-hybridized carbons (Fsp3) is 0.167. The van der Waals surface area contributed by atoms with E-state index in [2.05, 4.69) is 165 Å². The van der Waals surface area contributed by atoms with E-state index in [0.717, 1.165) is 59.7 Å². The summed E-state index contributed by atoms with van der Waals surface area (Å²) in [7, 11) is 0. The molecule has 1 aliphatic carbocycles. The third-order valence-electron chi connectivity index (χ3n) is 9.96. The van der Waals surface area contributed by atoms with E-state index in [4.69, 9.17) is 4.98 Å². The van der Waals surface area contributed by atoms with Crippen LogP contribution in [-0.4, -0.2) is 14.1 Å². The molecule has 0 amide bonds. The third kappa shape index (κ3) is 6.26. The second-order valence-electron chi connectivity index (χ2n) is 13.0. The Morgan fingerprint density at radius 1 is 0.923 bits per heavy atom. The van der Waals surface area contributed by atoms with Crippen LogP contribution in [0.5, 0.6) is 0 Å². The molecule has 3 heterocycles. The topological polar surface area (TPSA) is 22.8 Å². The van der Waals surface area contributed by atoms with Gasteiger partial charge < -0.3 is 4.57 Å². The van der Waals surface area contributed by atoms with Gasteiger partial charge in [0.05, 0.1) is 16.9 Å². The van der Waals surface area contributed by atoms with Gasteiger partial charge in [0.15, 0.2) is 0 Å². The first kappa shape index (κ1) is 34.8. The Labute approximate surface area is 311 Å². The van der Waals surface area contributed by atoms with Gasteiger partial charge in [-0.15, -0.1) is 17.1 Å². The van der Waals surface area contributed by atoms with Crippen LogP contribution in [0.4, 0.5) is 0 Å². The molecule has 258 valence electrons. The van der Waals surface area contributed by atoms with Gasteiger partial charge in [-0.25, -0.2) is 4.98 Å². The Morgan fingerprint density at radius 3 is 2.35 bits per heavy atom. The van der Waals surface area contributed by atoms with Crippen LogP contribution in [0.1, 0.15) is 73.6 Å². The molecule has 52 heavy (non-hydrogen) atoms. The van der Waals surface area contributed by atoms with Crippen molar-refractivity contribution in [1.82, 2.24) is 14.1 Å². The van der Waals surface area contributed by atoms with Crippen LogP contribution in [0, 0.1) is 0 Å². The van der Waals surface area contributed by atoms with Crippen LogP contribution < -0.4 is 9.75 Å². The molecule has 0 spiro atoms. The highest BCUT2D eigenvalue weighted by atomic mass is 32.1. The quantitative estimate of drug-likeness (QED) is 0.131. The van der Waals surface area contributed by atoms with E-state index in [1.807, 2.05) is 29.6 Å². The number of allylic oxidation sites excluding steroid dienone is 4. The Balaban J connectivity index is 1.39. The Hall–Kier alpha value is -5.67. The van der Waals surface area contributed by atoms with E-state index in [9.17, 15) is 0 Å². The first-order valence-electron chi connectivity index (χ1n) is 18.3. The number of hydrogen-bond acceptors (Lipinski definition) is 2. The number of benzene rings is 3. The van der Waals surface area contributed by atoms with Gasteiger partial charge in [0.1, 0.15) is 5.82 Å². The lowest BCUT2D eigenvalue weighted by Gasteiger charge is -2.15. The van der Waals surface area contributed by atoms with Crippen LogP contribution >= 0.6 is 11.3 Å². The number of aromatic nitrogens is 3. The molecule has 0 radical (unpaired) electrons. The molecule has 0 unspecified atom stereocenters. The molecule has 0 atom stereocenters. The molecule has 0 fully saturated rings. The lowest BCUT2D eigenvalue weighted by molar-refractivity contribution is 0.888. The zero-order valence-electron chi connectivity index (χ0n) is 30.6. The van der Waals surface area contributed by atoms with Gasteiger partial charge in [-0.1, -0.05) is 99.8 Å². The van der Waals surface area contributed by atoms with Crippen molar-refractivity contribution in [2.24, 2.45) is 0 Å². The van der Waals surface area contributed by atoms with Gasteiger partial charge >= 0.3 is 0 Å². The minimum atomic E-state index is 0.894. The van der Waals surface area contributed by atoms with Crippen molar-refractivity contribution in [2.75, 3.05) is 0 Å². The van der Waals surface area contributed by atoms with Gasteiger partial charge in [-0.2, -0.15) is 0 Å². The van der Waals surface area contributed by atoms with Gasteiger partial charge in [0.2, 0.25) is 0 Å². The lowest BCUT2D eigenvalue weighted by atomic mass is 9.99. The normalized spacial score (nSPS) is 13.9. The summed E-state index contributed by atoms with van der Waals surface area (Å²) in [5.74, 6) is 0.961. The maximum absolute atomic E-state index is 5.11. The summed E-state index contributed by atoms with van der Waals surface area (Å²) in [6, 6.07) is 28.3. The SMILES string of the molecule is C=C/C=c1/c(C=C)c(/C=C\C)s/c1=C(C)\C(=C\c1c(CC)n(-c2ccc(-n3c(-c4ccccc4)nc4c3CCC=C=C4)cc2)c2ccccc12)CC. The first-order valence-corrected chi connectivity index (χ1v) is 19.1. The Morgan fingerprint density at radius 2 is 1.65 bits per heavy atom. The van der Waals surface area contributed by atoms with Crippen LogP contribution in [0.25, 0.3) is 69.6 Å². The standard InChI is InChI=1S/C48H45N3S/c1-7-20-40-38(10-4)46(21-8-2)52-47(40)33(6)34(9-3)32-41-39-24-18-19-26-44(39)50(43(41)11-5)36-28-30-37(31-29-36)51-45-27-17-13-16-25-42(45)49-48(51)35-22-14-12-15-23-35/h7-8,10,12-15,18-26,28-32H,1,4,9,11,17,27H2,2-3,5-6H3/b21-8-,34-32+,40-20-,47-33-. The Kier molecular flexibility index (Phi) is 10.2. The molecule has 6 aromatic rings. The second kappa shape index (κ2) is 15.3. The fourth-order valence-electron chi connectivity index (χ4n) is 7.51. The average molecular weight is 696 g/mol. The van der Waals surface area contributed by atoms with E-state index in [1.54, 1.807) is 0 Å². The molecule has 1 aliphatic rings. The van der Waals surface area contributed by atoms with Crippen LogP contribution in [0.2, 0.25) is 0 Å². The number of para-hydroxylation sites is 1. The number of hydrogen-bond donors (Lipinski definition) is 0. The summed E-state index contributed by atoms with van der Waals surface area (Å²) in [5.41, 5.74) is 16.5. The summed E-state index contributed by atoms with van der Waals surface area (Å²) in [6.45, 7) is 17.0. The predicted octanol–water partition coefficient (Wildman–Crippen LogP) is 11.5. The number of rotatable bonds is 10. The number of fused-ring (bicyclic) bond motifs is 2. The lowest BCUT2D eigenvalue weighted by Crippen LogP contribution is -2.23. The smallest absolute Gasteiger partial charge is 0.145 e. The molecule has 0 saturated carbocycles. The van der Waals surface area contributed by atoms with E-state index in [1.165, 1.54) is 53.6 Å². The molecular weight excluding hydrogens is 651 g/mol. The third-order valence-corrected chi connectivity index (χ3v) is 11.3. The number of imidazole rings is 1. The highest BCUT2D eigenvalue weighted by Gasteiger charge is 2.21. The van der Waals surface area contributed by atoms with E-state index >= 15 is 0 Å². The molecular formula is C48H45N3S. The van der Waals surface area contributed by atoms with Crippen molar-refractivity contribution in [3.05, 3.63) is 164 Å². The molecule has 7 rings (SSSR count). The molecule has 3 aromatic carbocycles. The van der Waals surface area contributed by atoms with Gasteiger partial charge in [0, 0.05) is 54.3 Å². The van der Waals surface area contributed by atoms with Crippen LogP contribution in [-0.2, 0) is 12.8 Å². The van der Waals surface area contributed by atoms with Crippen molar-refractivity contribution in [1.29, 1.82) is 0 Å². The number of thiophene rings is 1. The highest BCUT2D eigenvalue weighted by molar-refractivity contribution is 7.11. The summed E-state index contributed by atoms with van der Waals surface area (Å²) < 4.78 is 6.06. The van der Waals surface area contributed by atoms with Gasteiger partial charge in [-0.3, -0.25) is 4.57 Å². The summed E-state index contributed by atoms with van der Waals surface area (Å²) in [5, 5.41) is 2.45. The zero-order chi connectivity index (χ0) is 36.2. The van der Waals surface area contributed by atoms with E-state index in [-0.39, 0.29) is 0 Å². The van der Waals surface area contributed by atoms with Gasteiger partial charge in [-0.05, 0) is 105 Å². The molecule has 0 saturated heterocycles. The summed E-state index contributed by atoms with van der Waals surface area (Å²) in [6.07, 6.45) is 20.5. The van der Waals surface area contributed by atoms with E-state index in [0.29, 0.717) is 0 Å². The molecule has 0 bridgehead atoms. The van der Waals surface area contributed by atoms with Crippen molar-refractivity contribution in [3.8, 4) is 22.8 Å². The monoisotopic (exact) mass is 695 g/mol. The fourth-order valence-corrected chi connectivity index (χ4v) is 8.81. The van der Waals surface area contributed by atoms with Crippen molar-refractivity contribution < 1.29 is 0 Å². The highest BCUT2D eigenvalue weighted by Crippen LogP contribution is 2.35. The Bertz CT molecular complexity index is 2560. The largest absolute Gasteiger partial charge is 0.313 e. The molecule has 0 N–H and O–H groups in total. The maximum atomic E-state index is 5.11. The molecule has 3 nitrogen and oxygen atoms in total. The minimum Gasteiger partial charge on any atom is -0.313 e. The van der Waals surface area contributed by atoms with Crippen molar-refractivity contribution in [3.63, 3.8) is 0 Å². The van der Waals surface area contributed by atoms with Crippen molar-refractivity contribution >= 4 is 58.2 Å². The minimum absolute atomic E-state index is 0.894. The average Bonchev–Trinajstić information content (AvgIpc) is 3.76. The predicted molar refractivity (Wildman–Crippen MR) is 226 cm³/mol. The first-order chi connectivity index (χ1) is 25.5. The molecule has 3 aromatic heterocycles. The summed E-state index contributed by atoms with van der Waals surface area (Å²) in [4.78, 5) is 6.34. The van der Waals surface area contributed by atoms with Crippen LogP contribution in [0.3, 0.4) is 0 Å². The summed E-state index contributed by atoms with van der Waals surface area (Å²) >= 11 is 1.83. The second-order valence-corrected chi connectivity index (χ2v) is 14.0. The number of nitrogens with zero attached hydrogens (tertiary/aromatic N) is 3. The van der Waals surface area contributed by atoms with Crippen LogP contribution in [0.15, 0.2) is 122 Å². The maximum Gasteiger partial charge on any atom is 0.145 e.